The topological polar surface area (TPSA) is 0 Å². The molecule has 0 saturated heterocycles. The predicted molar refractivity (Wildman–Crippen MR) is 189 cm³/mol. The van der Waals surface area contributed by atoms with Gasteiger partial charge in [0.2, 0.25) is 0 Å². The average molecular weight is 658 g/mol. The van der Waals surface area contributed by atoms with E-state index in [4.69, 9.17) is 0 Å². The van der Waals surface area contributed by atoms with Crippen molar-refractivity contribution in [2.75, 3.05) is 0 Å². The molecule has 44 heavy (non-hydrogen) atoms. The Balaban J connectivity index is 0.000000148. The molecule has 0 heterocycles. The van der Waals surface area contributed by atoms with Gasteiger partial charge < -0.3 is 0 Å². The number of aryl methyl sites for hydroxylation is 2. The molecule has 0 amide bonds. The fourth-order valence-corrected chi connectivity index (χ4v) is 6.39. The van der Waals surface area contributed by atoms with Crippen LogP contribution in [0.25, 0.3) is 65.3 Å². The van der Waals surface area contributed by atoms with E-state index in [1.807, 2.05) is 0 Å². The van der Waals surface area contributed by atoms with E-state index >= 15 is 0 Å². The van der Waals surface area contributed by atoms with Gasteiger partial charge in [0.15, 0.2) is 0 Å². The molecule has 8 aromatic carbocycles. The van der Waals surface area contributed by atoms with Crippen molar-refractivity contribution in [1.82, 2.24) is 0 Å². The SMILES string of the molecule is CCc1cc2c(-c3cccc4ccccc34)cccc2[cH-]1.CCc1cc2c(-c3cccc4ccccc34)cccc2[cH-]1.[Si]=[Zr+2]. The van der Waals surface area contributed by atoms with E-state index in [0.717, 1.165) is 12.8 Å². The Bertz CT molecular complexity index is 2030. The molecule has 0 saturated carbocycles. The van der Waals surface area contributed by atoms with Crippen molar-refractivity contribution < 1.29 is 23.3 Å². The average Bonchev–Trinajstić information content (AvgIpc) is 3.73. The van der Waals surface area contributed by atoms with E-state index in [1.54, 1.807) is 0 Å². The first-order chi connectivity index (χ1) is 21.7. The molecular weight excluding hydrogens is 624 g/mol. The van der Waals surface area contributed by atoms with Gasteiger partial charge in [-0.2, -0.15) is 12.1 Å². The molecule has 0 aliphatic carbocycles. The van der Waals surface area contributed by atoms with Gasteiger partial charge in [-0.1, -0.05) is 122 Å². The molecule has 2 heteroatoms. The van der Waals surface area contributed by atoms with Gasteiger partial charge in [0.05, 0.1) is 0 Å². The van der Waals surface area contributed by atoms with Crippen LogP contribution in [-0.4, -0.2) is 6.88 Å². The van der Waals surface area contributed by atoms with E-state index in [-0.39, 0.29) is 0 Å². The quantitative estimate of drug-likeness (QED) is 0.130. The summed E-state index contributed by atoms with van der Waals surface area (Å²) in [5.41, 5.74) is 8.15. The van der Waals surface area contributed by atoms with Crippen molar-refractivity contribution in [3.63, 3.8) is 0 Å². The van der Waals surface area contributed by atoms with Crippen molar-refractivity contribution in [3.8, 4) is 22.3 Å². The van der Waals surface area contributed by atoms with Gasteiger partial charge in [0.25, 0.3) is 0 Å². The van der Waals surface area contributed by atoms with Crippen LogP contribution in [-0.2, 0) is 36.2 Å². The zero-order chi connectivity index (χ0) is 30.5. The molecular formula is C42H34SiZr. The van der Waals surface area contributed by atoms with Crippen LogP contribution in [0.2, 0.25) is 0 Å². The normalized spacial score (nSPS) is 10.9. The monoisotopic (exact) mass is 656 g/mol. The molecule has 0 atom stereocenters. The molecule has 0 aromatic heterocycles. The minimum atomic E-state index is 1.09. The summed E-state index contributed by atoms with van der Waals surface area (Å²) < 4.78 is 0. The first-order valence-corrected chi connectivity index (χ1v) is 19.5. The van der Waals surface area contributed by atoms with Crippen LogP contribution >= 0.6 is 0 Å². The molecule has 8 rings (SSSR count). The predicted octanol–water partition coefficient (Wildman–Crippen LogP) is 11.5. The Morgan fingerprint density at radius 3 is 1.18 bits per heavy atom. The van der Waals surface area contributed by atoms with Gasteiger partial charge in [-0.3, -0.25) is 0 Å². The summed E-state index contributed by atoms with van der Waals surface area (Å²) >= 11 is 1.36. The van der Waals surface area contributed by atoms with Crippen LogP contribution in [0, 0.1) is 0 Å². The van der Waals surface area contributed by atoms with E-state index in [1.165, 1.54) is 99.8 Å². The first kappa shape index (κ1) is 30.2. The third-order valence-corrected chi connectivity index (χ3v) is 8.60. The number of hydrogen-bond donors (Lipinski definition) is 0. The summed E-state index contributed by atoms with van der Waals surface area (Å²) in [6.07, 6.45) is 2.17. The van der Waals surface area contributed by atoms with Crippen molar-refractivity contribution >= 4 is 50.0 Å². The summed E-state index contributed by atoms with van der Waals surface area (Å²) in [5, 5.41) is 10.7. The number of benzene rings is 6. The Kier molecular flexibility index (Phi) is 9.51. The Labute approximate surface area is 277 Å². The standard InChI is InChI=1S/2C21H17.Si.Zr/c2*1-2-15-13-17-9-6-12-20(21(17)14-15)19-11-5-8-16-7-3-4-10-18(16)19;;/h2*3-14H,2H2,1H3;;/q2*-1;;+2. The second kappa shape index (κ2) is 13.9. The summed E-state index contributed by atoms with van der Waals surface area (Å²) in [5.74, 6) is 0. The molecule has 2 radical (unpaired) electrons. The molecule has 0 spiro atoms. The molecule has 210 valence electrons. The van der Waals surface area contributed by atoms with Crippen molar-refractivity contribution in [2.45, 2.75) is 26.7 Å². The molecule has 0 aliphatic heterocycles. The van der Waals surface area contributed by atoms with E-state index in [9.17, 15) is 0 Å². The number of hydrogen-bond acceptors (Lipinski definition) is 0. The summed E-state index contributed by atoms with van der Waals surface area (Å²) in [6.45, 7) is 7.49. The zero-order valence-corrected chi connectivity index (χ0v) is 28.7. The summed E-state index contributed by atoms with van der Waals surface area (Å²) in [4.78, 5) is 0. The third-order valence-electron chi connectivity index (χ3n) is 8.60. The van der Waals surface area contributed by atoms with Gasteiger partial charge in [-0.15, -0.1) is 69.1 Å². The van der Waals surface area contributed by atoms with E-state index < -0.39 is 0 Å². The maximum atomic E-state index is 3.06. The van der Waals surface area contributed by atoms with Crippen molar-refractivity contribution in [3.05, 3.63) is 157 Å². The molecule has 0 fully saturated rings. The maximum absolute atomic E-state index is 3.06. The van der Waals surface area contributed by atoms with Crippen LogP contribution < -0.4 is 0 Å². The first-order valence-electron chi connectivity index (χ1n) is 15.3. The Morgan fingerprint density at radius 2 is 0.773 bits per heavy atom. The number of rotatable bonds is 4. The third kappa shape index (κ3) is 5.94. The van der Waals surface area contributed by atoms with Crippen LogP contribution in [0.3, 0.4) is 0 Å². The Hall–Kier alpha value is -3.84. The summed E-state index contributed by atoms with van der Waals surface area (Å²) in [7, 11) is 0. The second-order valence-corrected chi connectivity index (χ2v) is 11.1. The molecule has 0 nitrogen and oxygen atoms in total. The number of fused-ring (bicyclic) bond motifs is 4. The van der Waals surface area contributed by atoms with Gasteiger partial charge in [0.1, 0.15) is 0 Å². The van der Waals surface area contributed by atoms with Gasteiger partial charge in [-0.05, 0) is 45.5 Å². The molecule has 8 aromatic rings. The van der Waals surface area contributed by atoms with Crippen LogP contribution in [0.1, 0.15) is 25.0 Å². The van der Waals surface area contributed by atoms with Gasteiger partial charge >= 0.3 is 30.2 Å². The van der Waals surface area contributed by atoms with Crippen LogP contribution in [0.5, 0.6) is 0 Å². The van der Waals surface area contributed by atoms with Crippen molar-refractivity contribution in [2.24, 2.45) is 0 Å². The molecule has 0 N–H and O–H groups in total. The summed E-state index contributed by atoms with van der Waals surface area (Å²) in [6, 6.07) is 52.9. The molecule has 0 aliphatic rings. The second-order valence-electron chi connectivity index (χ2n) is 11.1. The Morgan fingerprint density at radius 1 is 0.432 bits per heavy atom. The van der Waals surface area contributed by atoms with E-state index in [2.05, 4.69) is 166 Å². The van der Waals surface area contributed by atoms with Gasteiger partial charge in [0, 0.05) is 0 Å². The fraction of sp³-hybridized carbons (Fsp3) is 0.0952. The van der Waals surface area contributed by atoms with Crippen molar-refractivity contribution in [1.29, 1.82) is 0 Å². The van der Waals surface area contributed by atoms with E-state index in [0.29, 0.717) is 0 Å². The van der Waals surface area contributed by atoms with Gasteiger partial charge in [-0.25, -0.2) is 0 Å². The van der Waals surface area contributed by atoms with Crippen LogP contribution in [0.15, 0.2) is 146 Å². The molecule has 0 unspecified atom stereocenters. The molecule has 0 bridgehead atoms. The van der Waals surface area contributed by atoms with Crippen LogP contribution in [0.4, 0.5) is 0 Å². The fourth-order valence-electron chi connectivity index (χ4n) is 6.39. The zero-order valence-electron chi connectivity index (χ0n) is 25.3. The minimum absolute atomic E-state index is 1.09.